The average Bonchev–Trinajstić information content (AvgIpc) is 2.56. The molecule has 2 aromatic rings. The lowest BCUT2D eigenvalue weighted by atomic mass is 10.2. The molecule has 1 atom stereocenters. The van der Waals surface area contributed by atoms with Gasteiger partial charge in [-0.25, -0.2) is 8.42 Å². The highest BCUT2D eigenvalue weighted by Gasteiger charge is 2.27. The maximum absolute atomic E-state index is 12.8. The summed E-state index contributed by atoms with van der Waals surface area (Å²) in [6, 6.07) is 9.93. The molecule has 1 heterocycles. The van der Waals surface area contributed by atoms with Gasteiger partial charge in [-0.1, -0.05) is 24.6 Å². The summed E-state index contributed by atoms with van der Waals surface area (Å²) >= 11 is 7.70. The van der Waals surface area contributed by atoms with Gasteiger partial charge in [0.1, 0.15) is 0 Å². The second-order valence-corrected chi connectivity index (χ2v) is 9.85. The van der Waals surface area contributed by atoms with Crippen LogP contribution in [0.1, 0.15) is 19.4 Å². The first-order chi connectivity index (χ1) is 12.2. The van der Waals surface area contributed by atoms with Crippen LogP contribution in [0.15, 0.2) is 46.2 Å². The summed E-state index contributed by atoms with van der Waals surface area (Å²) in [4.78, 5) is 14.5. The third kappa shape index (κ3) is 3.84. The molecule has 138 valence electrons. The van der Waals surface area contributed by atoms with Crippen LogP contribution in [0.2, 0.25) is 5.02 Å². The summed E-state index contributed by atoms with van der Waals surface area (Å²) in [5.41, 5.74) is 2.02. The van der Waals surface area contributed by atoms with Gasteiger partial charge in [-0.05, 0) is 42.8 Å². The van der Waals surface area contributed by atoms with Crippen LogP contribution in [-0.4, -0.2) is 26.1 Å². The SMILES string of the molecule is CC(=O)N1CC(C)Sc2cc(S(=O)(=O)Nc3ccc(C)cc3Cl)ccc21. The number of carbonyl (C=O) groups excluding carboxylic acids is 1. The number of hydrogen-bond acceptors (Lipinski definition) is 4. The van der Waals surface area contributed by atoms with Crippen molar-refractivity contribution in [2.45, 2.75) is 35.8 Å². The molecule has 0 aromatic heterocycles. The third-order valence-electron chi connectivity index (χ3n) is 4.05. The van der Waals surface area contributed by atoms with E-state index in [-0.39, 0.29) is 16.1 Å². The number of amides is 1. The highest BCUT2D eigenvalue weighted by molar-refractivity contribution is 8.00. The van der Waals surface area contributed by atoms with E-state index in [0.717, 1.165) is 16.1 Å². The zero-order chi connectivity index (χ0) is 19.1. The minimum absolute atomic E-state index is 0.0569. The maximum Gasteiger partial charge on any atom is 0.261 e. The van der Waals surface area contributed by atoms with Crippen molar-refractivity contribution in [3.8, 4) is 0 Å². The van der Waals surface area contributed by atoms with Crippen molar-refractivity contribution in [1.82, 2.24) is 0 Å². The third-order valence-corrected chi connectivity index (χ3v) is 6.86. The molecule has 2 aromatic carbocycles. The van der Waals surface area contributed by atoms with Crippen molar-refractivity contribution in [1.29, 1.82) is 0 Å². The molecule has 3 rings (SSSR count). The van der Waals surface area contributed by atoms with Gasteiger partial charge >= 0.3 is 0 Å². The Bertz CT molecular complexity index is 976. The van der Waals surface area contributed by atoms with Crippen molar-refractivity contribution in [2.75, 3.05) is 16.2 Å². The van der Waals surface area contributed by atoms with Gasteiger partial charge in [0.25, 0.3) is 10.0 Å². The predicted molar refractivity (Wildman–Crippen MR) is 107 cm³/mol. The molecule has 1 aliphatic rings. The lowest BCUT2D eigenvalue weighted by molar-refractivity contribution is -0.116. The number of halogens is 1. The van der Waals surface area contributed by atoms with E-state index in [1.165, 1.54) is 13.0 Å². The van der Waals surface area contributed by atoms with E-state index >= 15 is 0 Å². The molecule has 0 spiro atoms. The first-order valence-corrected chi connectivity index (χ1v) is 10.8. The highest BCUT2D eigenvalue weighted by atomic mass is 35.5. The molecule has 1 unspecified atom stereocenters. The number of thioether (sulfide) groups is 1. The molecular weight excluding hydrogens is 392 g/mol. The smallest absolute Gasteiger partial charge is 0.261 e. The number of carbonyl (C=O) groups is 1. The summed E-state index contributed by atoms with van der Waals surface area (Å²) in [6.07, 6.45) is 0. The largest absolute Gasteiger partial charge is 0.310 e. The number of anilines is 2. The molecule has 26 heavy (non-hydrogen) atoms. The van der Waals surface area contributed by atoms with Crippen LogP contribution in [-0.2, 0) is 14.8 Å². The van der Waals surface area contributed by atoms with E-state index in [1.807, 2.05) is 13.8 Å². The molecule has 0 fully saturated rings. The minimum Gasteiger partial charge on any atom is -0.310 e. The number of hydrogen-bond donors (Lipinski definition) is 1. The summed E-state index contributed by atoms with van der Waals surface area (Å²) in [7, 11) is -3.79. The Morgan fingerprint density at radius 1 is 1.27 bits per heavy atom. The Balaban J connectivity index is 1.96. The van der Waals surface area contributed by atoms with Gasteiger partial charge in [-0.15, -0.1) is 11.8 Å². The Morgan fingerprint density at radius 2 is 2.00 bits per heavy atom. The Kier molecular flexibility index (Phi) is 5.23. The molecule has 1 N–H and O–H groups in total. The quantitative estimate of drug-likeness (QED) is 0.819. The van der Waals surface area contributed by atoms with E-state index in [0.29, 0.717) is 17.3 Å². The number of rotatable bonds is 3. The van der Waals surface area contributed by atoms with Crippen molar-refractivity contribution < 1.29 is 13.2 Å². The number of aryl methyl sites for hydroxylation is 1. The van der Waals surface area contributed by atoms with Crippen LogP contribution < -0.4 is 9.62 Å². The van der Waals surface area contributed by atoms with Gasteiger partial charge in [0, 0.05) is 23.6 Å². The van der Waals surface area contributed by atoms with E-state index in [2.05, 4.69) is 4.72 Å². The van der Waals surface area contributed by atoms with Crippen LogP contribution >= 0.6 is 23.4 Å². The van der Waals surface area contributed by atoms with Crippen LogP contribution in [0, 0.1) is 6.92 Å². The standard InChI is InChI=1S/C18H19ClN2O3S2/c1-11-4-6-16(15(19)8-11)20-26(23,24)14-5-7-17-18(9-14)25-12(2)10-21(17)13(3)22/h4-9,12,20H,10H2,1-3H3. The number of sulfonamides is 1. The first-order valence-electron chi connectivity index (χ1n) is 8.05. The van der Waals surface area contributed by atoms with Gasteiger partial charge in [0.2, 0.25) is 5.91 Å². The zero-order valence-electron chi connectivity index (χ0n) is 14.6. The van der Waals surface area contributed by atoms with E-state index in [4.69, 9.17) is 11.6 Å². The van der Waals surface area contributed by atoms with Crippen LogP contribution in [0.25, 0.3) is 0 Å². The molecule has 0 radical (unpaired) electrons. The summed E-state index contributed by atoms with van der Waals surface area (Å²) in [5, 5.41) is 0.529. The molecule has 5 nitrogen and oxygen atoms in total. The maximum atomic E-state index is 12.8. The molecule has 1 aliphatic heterocycles. The summed E-state index contributed by atoms with van der Waals surface area (Å²) in [5.74, 6) is -0.0569. The number of benzene rings is 2. The van der Waals surface area contributed by atoms with Crippen molar-refractivity contribution in [3.05, 3.63) is 47.0 Å². The van der Waals surface area contributed by atoms with Gasteiger partial charge in [-0.2, -0.15) is 0 Å². The number of nitrogens with one attached hydrogen (secondary N) is 1. The molecule has 0 bridgehead atoms. The summed E-state index contributed by atoms with van der Waals surface area (Å²) < 4.78 is 28.1. The normalized spacial score (nSPS) is 16.9. The second kappa shape index (κ2) is 7.13. The van der Waals surface area contributed by atoms with E-state index in [1.54, 1.807) is 47.0 Å². The topological polar surface area (TPSA) is 66.5 Å². The number of fused-ring (bicyclic) bond motifs is 1. The zero-order valence-corrected chi connectivity index (χ0v) is 17.0. The van der Waals surface area contributed by atoms with Crippen molar-refractivity contribution in [3.63, 3.8) is 0 Å². The minimum atomic E-state index is -3.79. The lowest BCUT2D eigenvalue weighted by Gasteiger charge is -2.32. The fourth-order valence-electron chi connectivity index (χ4n) is 2.79. The predicted octanol–water partition coefficient (Wildman–Crippen LogP) is 4.30. The first kappa shape index (κ1) is 19.1. The average molecular weight is 411 g/mol. The van der Waals surface area contributed by atoms with Crippen LogP contribution in [0.5, 0.6) is 0 Å². The van der Waals surface area contributed by atoms with Crippen LogP contribution in [0.4, 0.5) is 11.4 Å². The van der Waals surface area contributed by atoms with Gasteiger partial charge in [0.05, 0.1) is 21.3 Å². The highest BCUT2D eigenvalue weighted by Crippen LogP contribution is 2.40. The van der Waals surface area contributed by atoms with E-state index < -0.39 is 10.0 Å². The Hall–Kier alpha value is -1.70. The Labute approximate surface area is 162 Å². The van der Waals surface area contributed by atoms with Crippen molar-refractivity contribution in [2.24, 2.45) is 0 Å². The number of nitrogens with zero attached hydrogens (tertiary/aromatic N) is 1. The second-order valence-electron chi connectivity index (χ2n) is 6.28. The molecule has 1 amide bonds. The van der Waals surface area contributed by atoms with Gasteiger partial charge in [-0.3, -0.25) is 9.52 Å². The van der Waals surface area contributed by atoms with Gasteiger partial charge in [0.15, 0.2) is 0 Å². The molecule has 0 saturated carbocycles. The van der Waals surface area contributed by atoms with E-state index in [9.17, 15) is 13.2 Å². The monoisotopic (exact) mass is 410 g/mol. The lowest BCUT2D eigenvalue weighted by Crippen LogP contribution is -2.37. The fourth-order valence-corrected chi connectivity index (χ4v) is 5.46. The molecule has 0 saturated heterocycles. The molecule has 0 aliphatic carbocycles. The fraction of sp³-hybridized carbons (Fsp3) is 0.278. The molecule has 8 heteroatoms. The van der Waals surface area contributed by atoms with Crippen LogP contribution in [0.3, 0.4) is 0 Å². The Morgan fingerprint density at radius 3 is 2.65 bits per heavy atom. The molecular formula is C18H19ClN2O3S2. The van der Waals surface area contributed by atoms with Gasteiger partial charge < -0.3 is 4.90 Å². The summed E-state index contributed by atoms with van der Waals surface area (Å²) in [6.45, 7) is 6.01. The van der Waals surface area contributed by atoms with Crippen molar-refractivity contribution >= 4 is 50.7 Å².